The molecular weight excluding hydrogens is 150 g/mol. The summed E-state index contributed by atoms with van der Waals surface area (Å²) in [5, 5.41) is 3.64. The van der Waals surface area contributed by atoms with Crippen LogP contribution in [0.15, 0.2) is 0 Å². The van der Waals surface area contributed by atoms with Gasteiger partial charge in [0, 0.05) is 12.1 Å². The second kappa shape index (κ2) is 3.35. The van der Waals surface area contributed by atoms with Crippen LogP contribution < -0.4 is 5.32 Å². The highest BCUT2D eigenvalue weighted by Gasteiger charge is 2.41. The first-order valence-electron chi connectivity index (χ1n) is 5.24. The van der Waals surface area contributed by atoms with E-state index in [-0.39, 0.29) is 0 Å². The topological polar surface area (TPSA) is 21.3 Å². The van der Waals surface area contributed by atoms with Crippen LogP contribution in [-0.2, 0) is 4.74 Å². The summed E-state index contributed by atoms with van der Waals surface area (Å²) in [4.78, 5) is 0. The molecule has 0 radical (unpaired) electrons. The Balaban J connectivity index is 2.04. The van der Waals surface area contributed by atoms with E-state index in [2.05, 4.69) is 12.2 Å². The van der Waals surface area contributed by atoms with Crippen molar-refractivity contribution in [3.05, 3.63) is 0 Å². The maximum absolute atomic E-state index is 5.77. The van der Waals surface area contributed by atoms with Gasteiger partial charge in [-0.3, -0.25) is 0 Å². The second-order valence-corrected chi connectivity index (χ2v) is 4.04. The highest BCUT2D eigenvalue weighted by atomic mass is 16.5. The summed E-state index contributed by atoms with van der Waals surface area (Å²) in [5.41, 5.74) is 0.344. The number of hydrogen-bond acceptors (Lipinski definition) is 2. The summed E-state index contributed by atoms with van der Waals surface area (Å²) >= 11 is 0. The van der Waals surface area contributed by atoms with Crippen molar-refractivity contribution in [3.63, 3.8) is 0 Å². The molecule has 0 aromatic carbocycles. The Bertz CT molecular complexity index is 146. The van der Waals surface area contributed by atoms with Gasteiger partial charge in [0.15, 0.2) is 0 Å². The van der Waals surface area contributed by atoms with Crippen molar-refractivity contribution < 1.29 is 4.74 Å². The first-order valence-corrected chi connectivity index (χ1v) is 5.24. The Morgan fingerprint density at radius 3 is 2.92 bits per heavy atom. The highest BCUT2D eigenvalue weighted by molar-refractivity contribution is 4.99. The van der Waals surface area contributed by atoms with Crippen LogP contribution in [0.4, 0.5) is 0 Å². The third kappa shape index (κ3) is 1.27. The molecule has 2 heterocycles. The lowest BCUT2D eigenvalue weighted by atomic mass is 9.86. The van der Waals surface area contributed by atoms with E-state index in [1.807, 2.05) is 0 Å². The Morgan fingerprint density at radius 1 is 1.50 bits per heavy atom. The van der Waals surface area contributed by atoms with Gasteiger partial charge in [0.05, 0.1) is 6.10 Å². The average Bonchev–Trinajstić information content (AvgIpc) is 2.76. The predicted molar refractivity (Wildman–Crippen MR) is 49.2 cm³/mol. The lowest BCUT2D eigenvalue weighted by Gasteiger charge is -2.33. The summed E-state index contributed by atoms with van der Waals surface area (Å²) < 4.78 is 5.77. The SMILES string of the molecule is CCC1(C2CCCO2)CCCN1. The third-order valence-corrected chi connectivity index (χ3v) is 3.45. The van der Waals surface area contributed by atoms with E-state index in [0.717, 1.165) is 6.61 Å². The lowest BCUT2D eigenvalue weighted by Crippen LogP contribution is -2.49. The first-order chi connectivity index (χ1) is 5.87. The van der Waals surface area contributed by atoms with Gasteiger partial charge in [-0.2, -0.15) is 0 Å². The molecule has 2 heteroatoms. The minimum atomic E-state index is 0.344. The maximum atomic E-state index is 5.77. The quantitative estimate of drug-likeness (QED) is 0.679. The molecular formula is C10H19NO. The van der Waals surface area contributed by atoms with Gasteiger partial charge in [-0.1, -0.05) is 6.92 Å². The molecule has 2 rings (SSSR count). The Kier molecular flexibility index (Phi) is 2.37. The van der Waals surface area contributed by atoms with Crippen LogP contribution in [0, 0.1) is 0 Å². The predicted octanol–water partition coefficient (Wildman–Crippen LogP) is 1.70. The van der Waals surface area contributed by atoms with Crippen molar-refractivity contribution >= 4 is 0 Å². The maximum Gasteiger partial charge on any atom is 0.0757 e. The van der Waals surface area contributed by atoms with Crippen molar-refractivity contribution in [2.75, 3.05) is 13.2 Å². The van der Waals surface area contributed by atoms with Crippen molar-refractivity contribution in [2.24, 2.45) is 0 Å². The molecule has 0 amide bonds. The van der Waals surface area contributed by atoms with Crippen LogP contribution in [0.2, 0.25) is 0 Å². The molecule has 0 aromatic rings. The molecule has 2 fully saturated rings. The molecule has 2 nitrogen and oxygen atoms in total. The van der Waals surface area contributed by atoms with Gasteiger partial charge < -0.3 is 10.1 Å². The molecule has 0 bridgehead atoms. The Labute approximate surface area is 74.7 Å². The van der Waals surface area contributed by atoms with E-state index in [4.69, 9.17) is 4.74 Å². The van der Waals surface area contributed by atoms with Crippen LogP contribution >= 0.6 is 0 Å². The zero-order valence-electron chi connectivity index (χ0n) is 7.94. The average molecular weight is 169 g/mol. The van der Waals surface area contributed by atoms with Crippen LogP contribution in [0.25, 0.3) is 0 Å². The monoisotopic (exact) mass is 169 g/mol. The van der Waals surface area contributed by atoms with Gasteiger partial charge in [-0.25, -0.2) is 0 Å². The summed E-state index contributed by atoms with van der Waals surface area (Å²) in [6.45, 7) is 4.45. The fourth-order valence-electron chi connectivity index (χ4n) is 2.65. The van der Waals surface area contributed by atoms with E-state index >= 15 is 0 Å². The third-order valence-electron chi connectivity index (χ3n) is 3.45. The summed E-state index contributed by atoms with van der Waals surface area (Å²) in [7, 11) is 0. The smallest absolute Gasteiger partial charge is 0.0757 e. The zero-order valence-corrected chi connectivity index (χ0v) is 7.94. The molecule has 2 aliphatic rings. The van der Waals surface area contributed by atoms with Crippen molar-refractivity contribution in [2.45, 2.75) is 50.7 Å². The normalized spacial score (nSPS) is 42.2. The van der Waals surface area contributed by atoms with Gasteiger partial charge in [-0.05, 0) is 38.6 Å². The largest absolute Gasteiger partial charge is 0.376 e. The molecule has 0 saturated carbocycles. The number of nitrogens with one attached hydrogen (secondary N) is 1. The Morgan fingerprint density at radius 2 is 2.42 bits per heavy atom. The first kappa shape index (κ1) is 8.52. The molecule has 2 atom stereocenters. The van der Waals surface area contributed by atoms with E-state index in [1.54, 1.807) is 0 Å². The van der Waals surface area contributed by atoms with E-state index in [0.29, 0.717) is 11.6 Å². The molecule has 12 heavy (non-hydrogen) atoms. The van der Waals surface area contributed by atoms with Crippen molar-refractivity contribution in [1.29, 1.82) is 0 Å². The molecule has 0 aromatic heterocycles. The lowest BCUT2D eigenvalue weighted by molar-refractivity contribution is 0.0341. The van der Waals surface area contributed by atoms with Crippen LogP contribution in [0.3, 0.4) is 0 Å². The minimum absolute atomic E-state index is 0.344. The molecule has 70 valence electrons. The molecule has 1 N–H and O–H groups in total. The number of ether oxygens (including phenoxy) is 1. The second-order valence-electron chi connectivity index (χ2n) is 4.04. The van der Waals surface area contributed by atoms with Crippen LogP contribution in [0.5, 0.6) is 0 Å². The molecule has 0 spiro atoms. The van der Waals surface area contributed by atoms with Crippen LogP contribution in [0.1, 0.15) is 39.0 Å². The standard InChI is InChI=1S/C10H19NO/c1-2-10(6-4-7-11-10)9-5-3-8-12-9/h9,11H,2-8H2,1H3. The number of hydrogen-bond donors (Lipinski definition) is 1. The van der Waals surface area contributed by atoms with Gasteiger partial charge >= 0.3 is 0 Å². The minimum Gasteiger partial charge on any atom is -0.376 e. The molecule has 2 saturated heterocycles. The summed E-state index contributed by atoms with van der Waals surface area (Å²) in [5.74, 6) is 0. The fourth-order valence-corrected chi connectivity index (χ4v) is 2.65. The molecule has 0 aliphatic carbocycles. The van der Waals surface area contributed by atoms with Crippen LogP contribution in [-0.4, -0.2) is 24.8 Å². The van der Waals surface area contributed by atoms with Gasteiger partial charge in [0.2, 0.25) is 0 Å². The van der Waals surface area contributed by atoms with E-state index in [1.165, 1.54) is 38.6 Å². The highest BCUT2D eigenvalue weighted by Crippen LogP contribution is 2.33. The Hall–Kier alpha value is -0.0800. The summed E-state index contributed by atoms with van der Waals surface area (Å²) in [6, 6.07) is 0. The fraction of sp³-hybridized carbons (Fsp3) is 1.00. The van der Waals surface area contributed by atoms with Gasteiger partial charge in [0.25, 0.3) is 0 Å². The van der Waals surface area contributed by atoms with E-state index in [9.17, 15) is 0 Å². The molecule has 2 unspecified atom stereocenters. The van der Waals surface area contributed by atoms with Crippen molar-refractivity contribution in [1.82, 2.24) is 5.32 Å². The zero-order chi connectivity index (χ0) is 8.44. The number of rotatable bonds is 2. The molecule has 2 aliphatic heterocycles. The summed E-state index contributed by atoms with van der Waals surface area (Å²) in [6.07, 6.45) is 6.89. The van der Waals surface area contributed by atoms with Crippen molar-refractivity contribution in [3.8, 4) is 0 Å². The van der Waals surface area contributed by atoms with E-state index < -0.39 is 0 Å². The van der Waals surface area contributed by atoms with Gasteiger partial charge in [-0.15, -0.1) is 0 Å². The van der Waals surface area contributed by atoms with Gasteiger partial charge in [0.1, 0.15) is 0 Å².